The Morgan fingerprint density at radius 2 is 1.70 bits per heavy atom. The third-order valence-corrected chi connectivity index (χ3v) is 4.49. The van der Waals surface area contributed by atoms with Gasteiger partial charge in [0.15, 0.2) is 0 Å². The molecule has 0 radical (unpaired) electrons. The van der Waals surface area contributed by atoms with E-state index >= 15 is 0 Å². The van der Waals surface area contributed by atoms with Crippen molar-refractivity contribution in [2.24, 2.45) is 5.92 Å². The average molecular weight is 402 g/mol. The Labute approximate surface area is 135 Å². The fraction of sp³-hybridized carbons (Fsp3) is 0.250. The predicted octanol–water partition coefficient (Wildman–Crippen LogP) is 4.74. The first-order valence-electron chi connectivity index (χ1n) is 6.37. The minimum atomic E-state index is -0.255. The number of benzene rings is 2. The van der Waals surface area contributed by atoms with E-state index in [1.807, 2.05) is 24.3 Å². The lowest BCUT2D eigenvalue weighted by Crippen LogP contribution is -2.13. The molecule has 0 saturated carbocycles. The van der Waals surface area contributed by atoms with Gasteiger partial charge < -0.3 is 5.11 Å². The van der Waals surface area contributed by atoms with Gasteiger partial charge in [0.2, 0.25) is 0 Å². The second-order valence-corrected chi connectivity index (χ2v) is 6.59. The SMILES string of the molecule is OCC(Cc1ccc(Br)cc1)Cc1ccc(F)cc1Br. The number of hydrogen-bond acceptors (Lipinski definition) is 1. The van der Waals surface area contributed by atoms with Crippen LogP contribution in [0.5, 0.6) is 0 Å². The van der Waals surface area contributed by atoms with Crippen molar-refractivity contribution in [3.05, 3.63) is 68.4 Å². The van der Waals surface area contributed by atoms with E-state index in [1.54, 1.807) is 6.07 Å². The average Bonchev–Trinajstić information content (AvgIpc) is 2.43. The molecule has 1 nitrogen and oxygen atoms in total. The van der Waals surface area contributed by atoms with Crippen molar-refractivity contribution < 1.29 is 9.50 Å². The molecule has 0 bridgehead atoms. The minimum Gasteiger partial charge on any atom is -0.396 e. The van der Waals surface area contributed by atoms with E-state index in [4.69, 9.17) is 0 Å². The van der Waals surface area contributed by atoms with Crippen LogP contribution in [0.25, 0.3) is 0 Å². The maximum absolute atomic E-state index is 13.1. The number of aliphatic hydroxyl groups excluding tert-OH is 1. The summed E-state index contributed by atoms with van der Waals surface area (Å²) in [5.41, 5.74) is 2.20. The molecule has 0 amide bonds. The molecular weight excluding hydrogens is 387 g/mol. The monoisotopic (exact) mass is 400 g/mol. The van der Waals surface area contributed by atoms with Gasteiger partial charge in [0.05, 0.1) is 0 Å². The lowest BCUT2D eigenvalue weighted by atomic mass is 9.93. The third kappa shape index (κ3) is 4.40. The highest BCUT2D eigenvalue weighted by molar-refractivity contribution is 9.10. The molecule has 2 aromatic rings. The summed E-state index contributed by atoms with van der Waals surface area (Å²) in [5, 5.41) is 9.55. The maximum Gasteiger partial charge on any atom is 0.124 e. The zero-order valence-electron chi connectivity index (χ0n) is 10.8. The molecule has 106 valence electrons. The zero-order valence-corrected chi connectivity index (χ0v) is 14.0. The van der Waals surface area contributed by atoms with Gasteiger partial charge in [0, 0.05) is 15.6 Å². The van der Waals surface area contributed by atoms with Crippen molar-refractivity contribution in [2.75, 3.05) is 6.61 Å². The van der Waals surface area contributed by atoms with Gasteiger partial charge >= 0.3 is 0 Å². The number of halogens is 3. The number of hydrogen-bond donors (Lipinski definition) is 1. The van der Waals surface area contributed by atoms with Crippen molar-refractivity contribution in [1.82, 2.24) is 0 Å². The van der Waals surface area contributed by atoms with Crippen molar-refractivity contribution in [3.63, 3.8) is 0 Å². The smallest absolute Gasteiger partial charge is 0.124 e. The molecule has 0 saturated heterocycles. The second kappa shape index (κ2) is 7.34. The van der Waals surface area contributed by atoms with Gasteiger partial charge in [-0.1, -0.05) is 50.1 Å². The van der Waals surface area contributed by atoms with Crippen molar-refractivity contribution in [2.45, 2.75) is 12.8 Å². The molecule has 1 unspecified atom stereocenters. The maximum atomic E-state index is 13.1. The van der Waals surface area contributed by atoms with Gasteiger partial charge in [-0.15, -0.1) is 0 Å². The Morgan fingerprint density at radius 3 is 2.30 bits per heavy atom. The van der Waals surface area contributed by atoms with Gasteiger partial charge in [-0.3, -0.25) is 0 Å². The zero-order chi connectivity index (χ0) is 14.5. The summed E-state index contributed by atoms with van der Waals surface area (Å²) in [6, 6.07) is 12.8. The molecule has 0 spiro atoms. The highest BCUT2D eigenvalue weighted by Crippen LogP contribution is 2.23. The van der Waals surface area contributed by atoms with E-state index in [-0.39, 0.29) is 18.3 Å². The van der Waals surface area contributed by atoms with Crippen LogP contribution in [0.2, 0.25) is 0 Å². The van der Waals surface area contributed by atoms with E-state index < -0.39 is 0 Å². The van der Waals surface area contributed by atoms with Crippen LogP contribution in [0.3, 0.4) is 0 Å². The van der Waals surface area contributed by atoms with Crippen LogP contribution in [0, 0.1) is 11.7 Å². The standard InChI is InChI=1S/C16H15Br2FO/c17-14-4-1-11(2-5-14)7-12(10-20)8-13-3-6-15(19)9-16(13)18/h1-6,9,12,20H,7-8,10H2. The van der Waals surface area contributed by atoms with Gasteiger partial charge in [0.25, 0.3) is 0 Å². The van der Waals surface area contributed by atoms with E-state index in [1.165, 1.54) is 17.7 Å². The van der Waals surface area contributed by atoms with E-state index in [9.17, 15) is 9.50 Å². The minimum absolute atomic E-state index is 0.111. The largest absolute Gasteiger partial charge is 0.396 e. The van der Waals surface area contributed by atoms with Crippen LogP contribution in [-0.4, -0.2) is 11.7 Å². The van der Waals surface area contributed by atoms with Gasteiger partial charge in [-0.05, 0) is 54.2 Å². The van der Waals surface area contributed by atoms with Gasteiger partial charge in [-0.25, -0.2) is 4.39 Å². The molecule has 1 N–H and O–H groups in total. The lowest BCUT2D eigenvalue weighted by Gasteiger charge is -2.15. The summed E-state index contributed by atoms with van der Waals surface area (Å²) >= 11 is 6.78. The molecule has 2 rings (SSSR count). The molecule has 4 heteroatoms. The van der Waals surface area contributed by atoms with Crippen LogP contribution >= 0.6 is 31.9 Å². The van der Waals surface area contributed by atoms with E-state index in [2.05, 4.69) is 31.9 Å². The molecule has 0 aliphatic rings. The topological polar surface area (TPSA) is 20.2 Å². The first kappa shape index (κ1) is 15.7. The van der Waals surface area contributed by atoms with Crippen molar-refractivity contribution >= 4 is 31.9 Å². The molecule has 0 fully saturated rings. The summed E-state index contributed by atoms with van der Waals surface area (Å²) in [7, 11) is 0. The number of aliphatic hydroxyl groups is 1. The third-order valence-electron chi connectivity index (χ3n) is 3.22. The van der Waals surface area contributed by atoms with Gasteiger partial charge in [-0.2, -0.15) is 0 Å². The number of rotatable bonds is 5. The highest BCUT2D eigenvalue weighted by Gasteiger charge is 2.12. The fourth-order valence-corrected chi connectivity index (χ4v) is 2.93. The van der Waals surface area contributed by atoms with Crippen LogP contribution in [0.15, 0.2) is 51.4 Å². The van der Waals surface area contributed by atoms with Gasteiger partial charge in [0.1, 0.15) is 5.82 Å². The van der Waals surface area contributed by atoms with Crippen LogP contribution in [-0.2, 0) is 12.8 Å². The Bertz CT molecular complexity index is 569. The molecule has 0 aromatic heterocycles. The van der Waals surface area contributed by atoms with E-state index in [0.29, 0.717) is 6.42 Å². The Hall–Kier alpha value is -0.710. The lowest BCUT2D eigenvalue weighted by molar-refractivity contribution is 0.225. The van der Waals surface area contributed by atoms with Crippen molar-refractivity contribution in [1.29, 1.82) is 0 Å². The summed E-state index contributed by atoms with van der Waals surface area (Å²) < 4.78 is 14.9. The molecule has 0 heterocycles. The molecular formula is C16H15Br2FO. The fourth-order valence-electron chi connectivity index (χ4n) is 2.15. The van der Waals surface area contributed by atoms with E-state index in [0.717, 1.165) is 20.9 Å². The first-order valence-corrected chi connectivity index (χ1v) is 7.96. The summed E-state index contributed by atoms with van der Waals surface area (Å²) in [4.78, 5) is 0. The Balaban J connectivity index is 2.07. The predicted molar refractivity (Wildman–Crippen MR) is 86.2 cm³/mol. The molecule has 2 aromatic carbocycles. The summed E-state index contributed by atoms with van der Waals surface area (Å²) in [6.45, 7) is 0.111. The van der Waals surface area contributed by atoms with Crippen LogP contribution < -0.4 is 0 Å². The van der Waals surface area contributed by atoms with Crippen LogP contribution in [0.1, 0.15) is 11.1 Å². The van der Waals surface area contributed by atoms with Crippen LogP contribution in [0.4, 0.5) is 4.39 Å². The second-order valence-electron chi connectivity index (χ2n) is 4.82. The molecule has 0 aliphatic carbocycles. The molecule has 1 atom stereocenters. The molecule has 20 heavy (non-hydrogen) atoms. The first-order chi connectivity index (χ1) is 9.58. The summed E-state index contributed by atoms with van der Waals surface area (Å²) in [5.74, 6) is -0.132. The summed E-state index contributed by atoms with van der Waals surface area (Å²) in [6.07, 6.45) is 1.51. The Kier molecular flexibility index (Phi) is 5.75. The Morgan fingerprint density at radius 1 is 1.00 bits per heavy atom. The quantitative estimate of drug-likeness (QED) is 0.766. The van der Waals surface area contributed by atoms with Crippen molar-refractivity contribution in [3.8, 4) is 0 Å². The normalized spacial score (nSPS) is 12.4. The highest BCUT2D eigenvalue weighted by atomic mass is 79.9. The molecule has 0 aliphatic heterocycles.